The van der Waals surface area contributed by atoms with Crippen LogP contribution in [-0.4, -0.2) is 16.1 Å². The Labute approximate surface area is 272 Å². The molecule has 3 heteroatoms. The minimum absolute atomic E-state index is 0.209. The first-order chi connectivity index (χ1) is 23.0. The van der Waals surface area contributed by atoms with E-state index in [4.69, 9.17) is 0 Å². The van der Waals surface area contributed by atoms with Crippen LogP contribution < -0.4 is 0 Å². The van der Waals surface area contributed by atoms with Gasteiger partial charge in [-0.25, -0.2) is 0 Å². The first-order valence-corrected chi connectivity index (χ1v) is 16.3. The second kappa shape index (κ2) is 10.4. The average Bonchev–Trinajstić information content (AvgIpc) is 3.58. The van der Waals surface area contributed by atoms with Gasteiger partial charge in [-0.2, -0.15) is 0 Å². The van der Waals surface area contributed by atoms with Crippen LogP contribution >= 0.6 is 0 Å². The molecule has 7 aromatic carbocycles. The quantitative estimate of drug-likeness (QED) is 0.148. The first-order valence-electron chi connectivity index (χ1n) is 16.3. The van der Waals surface area contributed by atoms with E-state index in [0.717, 1.165) is 44.7 Å². The highest BCUT2D eigenvalue weighted by Crippen LogP contribution is 2.40. The SMILES string of the molecule is CCC(C)c1ccc(-n2c3c4ccccc4ccc3c3ccc4cc(C=C5C(=O)c6cc7ccccc7cc6C5=O)ccc4c32)cc1. The molecule has 224 valence electrons. The Kier molecular flexibility index (Phi) is 6.07. The fraction of sp³-hybridized carbons (Fsp3) is 0.0909. The van der Waals surface area contributed by atoms with Crippen LogP contribution in [0.25, 0.3) is 65.9 Å². The van der Waals surface area contributed by atoms with Crippen LogP contribution in [0, 0.1) is 0 Å². The van der Waals surface area contributed by atoms with E-state index in [0.29, 0.717) is 17.0 Å². The van der Waals surface area contributed by atoms with Crippen molar-refractivity contribution in [2.45, 2.75) is 26.2 Å². The predicted octanol–water partition coefficient (Wildman–Crippen LogP) is 11.2. The first kappa shape index (κ1) is 27.5. The highest BCUT2D eigenvalue weighted by Gasteiger charge is 2.33. The van der Waals surface area contributed by atoms with Crippen molar-refractivity contribution in [2.75, 3.05) is 0 Å². The molecule has 0 fully saturated rings. The average molecular weight is 606 g/mol. The molecule has 0 bridgehead atoms. The van der Waals surface area contributed by atoms with Gasteiger partial charge in [-0.05, 0) is 81.4 Å². The molecule has 8 aromatic rings. The van der Waals surface area contributed by atoms with E-state index < -0.39 is 0 Å². The number of benzene rings is 7. The molecule has 1 heterocycles. The number of ketones is 2. The normalized spacial score (nSPS) is 13.8. The van der Waals surface area contributed by atoms with Crippen molar-refractivity contribution in [2.24, 2.45) is 0 Å². The second-order valence-corrected chi connectivity index (χ2v) is 12.8. The molecule has 47 heavy (non-hydrogen) atoms. The van der Waals surface area contributed by atoms with Gasteiger partial charge in [-0.1, -0.05) is 111 Å². The second-order valence-electron chi connectivity index (χ2n) is 12.8. The van der Waals surface area contributed by atoms with Crippen molar-refractivity contribution in [3.63, 3.8) is 0 Å². The Balaban J connectivity index is 1.24. The topological polar surface area (TPSA) is 39.1 Å². The summed E-state index contributed by atoms with van der Waals surface area (Å²) in [4.78, 5) is 27.0. The molecule has 1 aromatic heterocycles. The zero-order valence-electron chi connectivity index (χ0n) is 26.2. The number of carbonyl (C=O) groups excluding carboxylic acids is 2. The number of nitrogens with zero attached hydrogens (tertiary/aromatic N) is 1. The molecule has 0 saturated heterocycles. The largest absolute Gasteiger partial charge is 0.308 e. The van der Waals surface area contributed by atoms with Crippen molar-refractivity contribution < 1.29 is 9.59 Å². The fourth-order valence-electron chi connectivity index (χ4n) is 7.46. The van der Waals surface area contributed by atoms with Crippen LogP contribution in [0.3, 0.4) is 0 Å². The van der Waals surface area contributed by atoms with Crippen LogP contribution in [0.15, 0.2) is 133 Å². The zero-order valence-corrected chi connectivity index (χ0v) is 26.2. The van der Waals surface area contributed by atoms with Gasteiger partial charge in [0.1, 0.15) is 0 Å². The maximum absolute atomic E-state index is 13.5. The summed E-state index contributed by atoms with van der Waals surface area (Å²) in [5, 5.41) is 8.92. The Morgan fingerprint density at radius 1 is 0.574 bits per heavy atom. The van der Waals surface area contributed by atoms with Crippen LogP contribution in [0.4, 0.5) is 0 Å². The molecule has 0 aliphatic heterocycles. The van der Waals surface area contributed by atoms with Gasteiger partial charge in [0.05, 0.1) is 16.6 Å². The third-order valence-corrected chi connectivity index (χ3v) is 10.2. The number of fused-ring (bicyclic) bond motifs is 9. The van der Waals surface area contributed by atoms with Crippen LogP contribution in [0.1, 0.15) is 58.0 Å². The maximum Gasteiger partial charge on any atom is 0.197 e. The number of aromatic nitrogens is 1. The molecule has 0 spiro atoms. The Bertz CT molecular complexity index is 2600. The van der Waals surface area contributed by atoms with Crippen molar-refractivity contribution in [3.8, 4) is 5.69 Å². The lowest BCUT2D eigenvalue weighted by Crippen LogP contribution is -2.00. The minimum atomic E-state index is -0.209. The molecule has 0 saturated carbocycles. The van der Waals surface area contributed by atoms with Crippen LogP contribution in [0.2, 0.25) is 0 Å². The van der Waals surface area contributed by atoms with Crippen LogP contribution in [0.5, 0.6) is 0 Å². The van der Waals surface area contributed by atoms with Crippen LogP contribution in [-0.2, 0) is 0 Å². The van der Waals surface area contributed by atoms with E-state index in [2.05, 4.69) is 103 Å². The molecule has 3 nitrogen and oxygen atoms in total. The number of Topliss-reactive ketones (excluding diaryl/α,β-unsaturated/α-hetero) is 2. The third kappa shape index (κ3) is 4.13. The molecule has 0 radical (unpaired) electrons. The number of rotatable bonds is 4. The van der Waals surface area contributed by atoms with Gasteiger partial charge in [-0.3, -0.25) is 9.59 Å². The minimum Gasteiger partial charge on any atom is -0.308 e. The maximum atomic E-state index is 13.5. The summed E-state index contributed by atoms with van der Waals surface area (Å²) in [7, 11) is 0. The number of hydrogen-bond acceptors (Lipinski definition) is 2. The summed E-state index contributed by atoms with van der Waals surface area (Å²) in [6.07, 6.45) is 2.86. The molecular formula is C44H31NO2. The summed E-state index contributed by atoms with van der Waals surface area (Å²) in [6, 6.07) is 44.2. The molecule has 9 rings (SSSR count). The highest BCUT2D eigenvalue weighted by atomic mass is 16.2. The molecule has 1 aliphatic rings. The summed E-state index contributed by atoms with van der Waals surface area (Å²) in [5.41, 5.74) is 6.83. The van der Waals surface area contributed by atoms with Gasteiger partial charge in [0.25, 0.3) is 0 Å². The van der Waals surface area contributed by atoms with E-state index in [1.165, 1.54) is 32.6 Å². The van der Waals surface area contributed by atoms with E-state index in [1.54, 1.807) is 6.08 Å². The Morgan fingerprint density at radius 2 is 1.13 bits per heavy atom. The summed E-state index contributed by atoms with van der Waals surface area (Å²) >= 11 is 0. The van der Waals surface area contributed by atoms with Gasteiger partial charge in [-0.15, -0.1) is 0 Å². The van der Waals surface area contributed by atoms with Gasteiger partial charge >= 0.3 is 0 Å². The fourth-order valence-corrected chi connectivity index (χ4v) is 7.46. The number of hydrogen-bond donors (Lipinski definition) is 0. The van der Waals surface area contributed by atoms with Gasteiger partial charge in [0, 0.05) is 38.4 Å². The Hall–Kier alpha value is -5.80. The van der Waals surface area contributed by atoms with E-state index in [9.17, 15) is 9.59 Å². The van der Waals surface area contributed by atoms with Crippen molar-refractivity contribution in [3.05, 3.63) is 155 Å². The summed E-state index contributed by atoms with van der Waals surface area (Å²) < 4.78 is 2.42. The molecular weight excluding hydrogens is 574 g/mol. The van der Waals surface area contributed by atoms with E-state index in [1.807, 2.05) is 42.5 Å². The molecule has 1 atom stereocenters. The van der Waals surface area contributed by atoms with Crippen molar-refractivity contribution >= 4 is 71.8 Å². The molecule has 1 unspecified atom stereocenters. The molecule has 1 aliphatic carbocycles. The smallest absolute Gasteiger partial charge is 0.197 e. The monoisotopic (exact) mass is 605 g/mol. The Morgan fingerprint density at radius 3 is 1.77 bits per heavy atom. The molecule has 0 N–H and O–H groups in total. The lowest BCUT2D eigenvalue weighted by atomic mass is 9.98. The molecule has 0 amide bonds. The lowest BCUT2D eigenvalue weighted by Gasteiger charge is -2.14. The van der Waals surface area contributed by atoms with Crippen molar-refractivity contribution in [1.82, 2.24) is 4.57 Å². The number of allylic oxidation sites excluding steroid dienone is 1. The van der Waals surface area contributed by atoms with Gasteiger partial charge < -0.3 is 4.57 Å². The van der Waals surface area contributed by atoms with E-state index in [-0.39, 0.29) is 17.1 Å². The van der Waals surface area contributed by atoms with E-state index >= 15 is 0 Å². The standard InChI is InChI=1S/C44H31NO2/c1-3-26(2)28-13-17-33(18-14-28)45-41-34-11-7-6-8-29(34)15-20-36(41)37-21-16-32-22-27(12-19-35(32)42(37)45)23-40-43(46)38-24-30-9-4-5-10-31(30)25-39(38)44(40)47/h4-26H,3H2,1-2H3. The summed E-state index contributed by atoms with van der Waals surface area (Å²) in [6.45, 7) is 4.50. The summed E-state index contributed by atoms with van der Waals surface area (Å²) in [5.74, 6) is 0.0835. The number of carbonyl (C=O) groups is 2. The highest BCUT2D eigenvalue weighted by molar-refractivity contribution is 6.42. The predicted molar refractivity (Wildman–Crippen MR) is 195 cm³/mol. The third-order valence-electron chi connectivity index (χ3n) is 10.2. The van der Waals surface area contributed by atoms with Gasteiger partial charge in [0.2, 0.25) is 0 Å². The lowest BCUT2D eigenvalue weighted by molar-refractivity contribution is 0.0990. The zero-order chi connectivity index (χ0) is 31.8. The van der Waals surface area contributed by atoms with Crippen molar-refractivity contribution in [1.29, 1.82) is 0 Å². The van der Waals surface area contributed by atoms with Gasteiger partial charge in [0.15, 0.2) is 11.6 Å².